The minimum absolute atomic E-state index is 0.166. The molecule has 2 rings (SSSR count). The van der Waals surface area contributed by atoms with Crippen molar-refractivity contribution >= 4 is 36.8 Å². The van der Waals surface area contributed by atoms with Crippen molar-refractivity contribution in [1.82, 2.24) is 4.90 Å². The molecule has 2 saturated heterocycles. The minimum Gasteiger partial charge on any atom is -0.415 e. The largest absolute Gasteiger partial charge is 0.415 e. The van der Waals surface area contributed by atoms with E-state index in [9.17, 15) is 9.59 Å². The Morgan fingerprint density at radius 2 is 1.38 bits per heavy atom. The number of hydrogen-bond donors (Lipinski definition) is 0. The van der Waals surface area contributed by atoms with Gasteiger partial charge in [-0.2, -0.15) is 0 Å². The van der Waals surface area contributed by atoms with Gasteiger partial charge in [-0.05, 0) is 58.9 Å². The van der Waals surface area contributed by atoms with Crippen molar-refractivity contribution in [3.05, 3.63) is 0 Å². The minimum atomic E-state index is -1.90. The van der Waals surface area contributed by atoms with E-state index >= 15 is 0 Å². The Kier molecular flexibility index (Phi) is 7.74. The third-order valence-corrected chi connectivity index (χ3v) is 7.57. The molecule has 0 radical (unpaired) electrons. The number of carbonyl (C=O) groups is 2. The van der Waals surface area contributed by atoms with Crippen LogP contribution in [-0.2, 0) is 27.6 Å². The highest BCUT2D eigenvalue weighted by molar-refractivity contribution is 6.70. The number of rotatable bonds is 8. The normalized spacial score (nSPS) is 29.6. The highest BCUT2D eigenvalue weighted by Crippen LogP contribution is 2.33. The van der Waals surface area contributed by atoms with Crippen LogP contribution in [0.25, 0.3) is 0 Å². The second-order valence-electron chi connectivity index (χ2n) is 10.9. The molecule has 0 aromatic carbocycles. The van der Waals surface area contributed by atoms with Crippen molar-refractivity contribution in [2.75, 3.05) is 6.61 Å². The molecule has 2 heterocycles. The Morgan fingerprint density at radius 1 is 0.862 bits per heavy atom. The molecule has 2 aliphatic rings. The monoisotopic (exact) mass is 461 g/mol. The average Bonchev–Trinajstić information content (AvgIpc) is 2.83. The molecule has 2 amide bonds. The molecule has 4 atom stereocenters. The second kappa shape index (κ2) is 9.01. The fraction of sp³-hybridized carbons (Fsp3) is 0.895. The fourth-order valence-electron chi connectivity index (χ4n) is 3.58. The van der Waals surface area contributed by atoms with E-state index in [-0.39, 0.29) is 43.0 Å². The summed E-state index contributed by atoms with van der Waals surface area (Å²) in [7, 11) is -5.57. The highest BCUT2D eigenvalue weighted by Gasteiger charge is 2.48. The summed E-state index contributed by atoms with van der Waals surface area (Å²) >= 11 is 0. The van der Waals surface area contributed by atoms with Gasteiger partial charge in [-0.3, -0.25) is 14.5 Å². The number of imide groups is 1. The van der Waals surface area contributed by atoms with Crippen LogP contribution in [0.3, 0.4) is 0 Å². The van der Waals surface area contributed by atoms with Crippen LogP contribution in [0, 0.1) is 0 Å². The molecule has 0 aromatic rings. The van der Waals surface area contributed by atoms with Crippen LogP contribution in [0.4, 0.5) is 0 Å². The summed E-state index contributed by atoms with van der Waals surface area (Å²) in [4.78, 5) is 26.0. The summed E-state index contributed by atoms with van der Waals surface area (Å²) in [6.07, 6.45) is -0.546. The fourth-order valence-corrected chi connectivity index (χ4v) is 6.51. The molecule has 7 nitrogen and oxygen atoms in total. The molecular weight excluding hydrogens is 422 g/mol. The zero-order valence-corrected chi connectivity index (χ0v) is 22.5. The van der Waals surface area contributed by atoms with Gasteiger partial charge in [-0.25, -0.2) is 0 Å². The topological polar surface area (TPSA) is 74.3 Å². The first kappa shape index (κ1) is 24.9. The molecule has 168 valence electrons. The van der Waals surface area contributed by atoms with Gasteiger partial charge in [0.2, 0.25) is 11.8 Å². The van der Waals surface area contributed by atoms with Crippen molar-refractivity contribution in [3.63, 3.8) is 0 Å². The molecule has 0 aromatic heterocycles. The summed E-state index contributed by atoms with van der Waals surface area (Å²) in [5, 5.41) is 0. The van der Waals surface area contributed by atoms with E-state index in [0.29, 0.717) is 13.0 Å². The molecule has 29 heavy (non-hydrogen) atoms. The molecular formula is C19H39NO6Si3. The lowest BCUT2D eigenvalue weighted by Gasteiger charge is -2.47. The van der Waals surface area contributed by atoms with Gasteiger partial charge < -0.3 is 18.0 Å². The van der Waals surface area contributed by atoms with Gasteiger partial charge in [0.05, 0.1) is 18.8 Å². The Hall–Kier alpha value is -0.369. The van der Waals surface area contributed by atoms with E-state index in [4.69, 9.17) is 18.0 Å². The van der Waals surface area contributed by atoms with Crippen molar-refractivity contribution < 1.29 is 27.6 Å². The Balaban J connectivity index is 2.33. The van der Waals surface area contributed by atoms with Crippen molar-refractivity contribution in [1.29, 1.82) is 0 Å². The Labute approximate surface area is 178 Å². The van der Waals surface area contributed by atoms with Crippen LogP contribution < -0.4 is 0 Å². The van der Waals surface area contributed by atoms with Crippen LogP contribution in [0.5, 0.6) is 0 Å². The van der Waals surface area contributed by atoms with Crippen LogP contribution in [0.1, 0.15) is 19.3 Å². The summed E-state index contributed by atoms with van der Waals surface area (Å²) in [5.74, 6) is -0.331. The maximum Gasteiger partial charge on any atom is 0.231 e. The SMILES string of the molecule is C[Si](C)(C)OC[C@H]1O[C@H](N2C(=O)CCC2=O)C[C@@H](O[Si](C)(C)C)[C@@H]1O[Si](C)(C)C. The molecule has 0 aliphatic carbocycles. The lowest BCUT2D eigenvalue weighted by molar-refractivity contribution is -0.207. The summed E-state index contributed by atoms with van der Waals surface area (Å²) in [6.45, 7) is 19.6. The van der Waals surface area contributed by atoms with Crippen LogP contribution in [0.2, 0.25) is 58.9 Å². The molecule has 10 heteroatoms. The Morgan fingerprint density at radius 3 is 1.83 bits per heavy atom. The van der Waals surface area contributed by atoms with Crippen LogP contribution in [-0.4, -0.2) is 72.8 Å². The predicted molar refractivity (Wildman–Crippen MR) is 120 cm³/mol. The van der Waals surface area contributed by atoms with Gasteiger partial charge in [0.25, 0.3) is 0 Å². The second-order valence-corrected chi connectivity index (χ2v) is 24.3. The number of carbonyl (C=O) groups excluding carboxylic acids is 2. The maximum atomic E-state index is 12.4. The number of ether oxygens (including phenoxy) is 1. The summed E-state index contributed by atoms with van der Waals surface area (Å²) < 4.78 is 25.6. The average molecular weight is 462 g/mol. The number of nitrogens with zero attached hydrogens (tertiary/aromatic N) is 1. The third-order valence-electron chi connectivity index (χ3n) is 4.55. The first-order chi connectivity index (χ1) is 13.1. The zero-order valence-electron chi connectivity index (χ0n) is 19.5. The maximum absolute atomic E-state index is 12.4. The first-order valence-electron chi connectivity index (χ1n) is 10.6. The lowest BCUT2D eigenvalue weighted by atomic mass is 10.0. The quantitative estimate of drug-likeness (QED) is 0.406. The van der Waals surface area contributed by atoms with Crippen molar-refractivity contribution in [3.8, 4) is 0 Å². The van der Waals surface area contributed by atoms with E-state index in [1.54, 1.807) is 0 Å². The molecule has 0 N–H and O–H groups in total. The molecule has 0 bridgehead atoms. The summed E-state index contributed by atoms with van der Waals surface area (Å²) in [6, 6.07) is 0. The standard InChI is InChI=1S/C19H39NO6Si3/c1-27(2,3)23-13-15-19(26-29(7,8)9)14(25-28(4,5)6)12-18(24-15)20-16(21)10-11-17(20)22/h14-15,18-19H,10-13H2,1-9H3/t14-,15-,18+,19+/m1/s1. The van der Waals surface area contributed by atoms with Crippen molar-refractivity contribution in [2.45, 2.75) is 103 Å². The lowest BCUT2D eigenvalue weighted by Crippen LogP contribution is -2.61. The van der Waals surface area contributed by atoms with E-state index in [1.807, 2.05) is 0 Å². The molecule has 0 saturated carbocycles. The van der Waals surface area contributed by atoms with E-state index in [1.165, 1.54) is 4.90 Å². The highest BCUT2D eigenvalue weighted by atomic mass is 28.4. The third kappa shape index (κ3) is 7.68. The van der Waals surface area contributed by atoms with E-state index in [0.717, 1.165) is 0 Å². The molecule has 2 aliphatic heterocycles. The summed E-state index contributed by atoms with van der Waals surface area (Å²) in [5.41, 5.74) is 0. The van der Waals surface area contributed by atoms with Gasteiger partial charge >= 0.3 is 0 Å². The van der Waals surface area contributed by atoms with Crippen LogP contribution >= 0.6 is 0 Å². The van der Waals surface area contributed by atoms with Gasteiger partial charge in [-0.15, -0.1) is 0 Å². The first-order valence-corrected chi connectivity index (χ1v) is 20.8. The molecule has 2 fully saturated rings. The van der Waals surface area contributed by atoms with Crippen LogP contribution in [0.15, 0.2) is 0 Å². The van der Waals surface area contributed by atoms with Crippen molar-refractivity contribution in [2.24, 2.45) is 0 Å². The smallest absolute Gasteiger partial charge is 0.231 e. The predicted octanol–water partition coefficient (Wildman–Crippen LogP) is 3.54. The van der Waals surface area contributed by atoms with Gasteiger partial charge in [0.1, 0.15) is 12.3 Å². The van der Waals surface area contributed by atoms with E-state index in [2.05, 4.69) is 58.9 Å². The number of hydrogen-bond acceptors (Lipinski definition) is 6. The molecule has 0 unspecified atom stereocenters. The number of amides is 2. The van der Waals surface area contributed by atoms with Gasteiger partial charge in [0, 0.05) is 19.3 Å². The Bertz CT molecular complexity index is 595. The number of likely N-dealkylation sites (tertiary alicyclic amines) is 1. The molecule has 0 spiro atoms. The zero-order chi connectivity index (χ0) is 22.2. The van der Waals surface area contributed by atoms with Gasteiger partial charge in [0.15, 0.2) is 25.0 Å². The van der Waals surface area contributed by atoms with E-state index < -0.39 is 31.2 Å². The van der Waals surface area contributed by atoms with Gasteiger partial charge in [-0.1, -0.05) is 0 Å².